The van der Waals surface area contributed by atoms with E-state index in [1.165, 1.54) is 11.8 Å². The molecule has 0 spiro atoms. The molecule has 3 amide bonds. The van der Waals surface area contributed by atoms with Crippen LogP contribution in [-0.4, -0.2) is 87.1 Å². The largest absolute Gasteiger partial charge is 0.479 e. The van der Waals surface area contributed by atoms with Crippen LogP contribution in [0.4, 0.5) is 9.59 Å². The van der Waals surface area contributed by atoms with E-state index < -0.39 is 59.9 Å². The highest BCUT2D eigenvalue weighted by atomic mass is 16.6. The predicted octanol–water partition coefficient (Wildman–Crippen LogP) is 0.959. The Morgan fingerprint density at radius 1 is 1.06 bits per heavy atom. The van der Waals surface area contributed by atoms with Gasteiger partial charge in [0.15, 0.2) is 5.54 Å². The SMILES string of the molecule is C[C@@H](NC(=O)OC(C)(C)C)C(=O)N1C[C@@H](CCB(O)O)C[C@](NC(=O)OC(C)(C)C)(C(=O)O)C1. The van der Waals surface area contributed by atoms with E-state index in [2.05, 4.69) is 10.6 Å². The van der Waals surface area contributed by atoms with Gasteiger partial charge in [-0.15, -0.1) is 0 Å². The number of carboxylic acids is 1. The van der Waals surface area contributed by atoms with Gasteiger partial charge in [0.2, 0.25) is 5.91 Å². The first-order valence-corrected chi connectivity index (χ1v) is 11.2. The van der Waals surface area contributed by atoms with E-state index in [4.69, 9.17) is 9.47 Å². The summed E-state index contributed by atoms with van der Waals surface area (Å²) in [5, 5.41) is 33.4. The van der Waals surface area contributed by atoms with Gasteiger partial charge in [-0.25, -0.2) is 14.4 Å². The molecule has 1 fully saturated rings. The van der Waals surface area contributed by atoms with E-state index in [0.29, 0.717) is 0 Å². The van der Waals surface area contributed by atoms with E-state index in [1.807, 2.05) is 0 Å². The summed E-state index contributed by atoms with van der Waals surface area (Å²) in [7, 11) is -1.60. The van der Waals surface area contributed by atoms with Crippen molar-refractivity contribution in [1.29, 1.82) is 0 Å². The van der Waals surface area contributed by atoms with Crippen molar-refractivity contribution in [3.63, 3.8) is 0 Å². The number of hydrogen-bond donors (Lipinski definition) is 5. The quantitative estimate of drug-likeness (QED) is 0.328. The first-order valence-electron chi connectivity index (χ1n) is 11.2. The van der Waals surface area contributed by atoms with Gasteiger partial charge in [-0.2, -0.15) is 0 Å². The molecule has 0 bridgehead atoms. The maximum absolute atomic E-state index is 13.1. The molecule has 0 aromatic heterocycles. The first kappa shape index (κ1) is 29.5. The van der Waals surface area contributed by atoms with Gasteiger partial charge in [0, 0.05) is 6.54 Å². The van der Waals surface area contributed by atoms with Crippen LogP contribution in [0.3, 0.4) is 0 Å². The number of nitrogens with zero attached hydrogens (tertiary/aromatic N) is 1. The minimum atomic E-state index is -1.87. The molecule has 0 aliphatic carbocycles. The second kappa shape index (κ2) is 11.3. The molecule has 0 aromatic rings. The van der Waals surface area contributed by atoms with Crippen molar-refractivity contribution in [1.82, 2.24) is 15.5 Å². The Morgan fingerprint density at radius 3 is 2.06 bits per heavy atom. The van der Waals surface area contributed by atoms with Crippen molar-refractivity contribution < 1.29 is 43.8 Å². The van der Waals surface area contributed by atoms with Gasteiger partial charge in [0.25, 0.3) is 0 Å². The number of carboxylic acid groups (broad SMARTS) is 1. The molecule has 1 rings (SSSR count). The number of rotatable bonds is 7. The van der Waals surface area contributed by atoms with Crippen LogP contribution in [0.15, 0.2) is 0 Å². The van der Waals surface area contributed by atoms with Gasteiger partial charge in [0.05, 0.1) is 6.54 Å². The Labute approximate surface area is 200 Å². The van der Waals surface area contributed by atoms with E-state index in [1.54, 1.807) is 41.5 Å². The fourth-order valence-electron chi connectivity index (χ4n) is 3.69. The summed E-state index contributed by atoms with van der Waals surface area (Å²) >= 11 is 0. The molecular formula is C21H38BN3O9. The molecule has 194 valence electrons. The molecule has 12 nitrogen and oxygen atoms in total. The highest BCUT2D eigenvalue weighted by molar-refractivity contribution is 6.40. The number of piperidine rings is 1. The fourth-order valence-corrected chi connectivity index (χ4v) is 3.69. The average molecular weight is 487 g/mol. The molecule has 13 heteroatoms. The fraction of sp³-hybridized carbons (Fsp3) is 0.810. The van der Waals surface area contributed by atoms with Crippen LogP contribution in [0.2, 0.25) is 6.32 Å². The van der Waals surface area contributed by atoms with E-state index in [0.717, 1.165) is 0 Å². The molecule has 1 heterocycles. The molecule has 5 N–H and O–H groups in total. The molecule has 0 saturated carbocycles. The second-order valence-electron chi connectivity index (χ2n) is 10.7. The minimum absolute atomic E-state index is 0.0411. The number of amides is 3. The lowest BCUT2D eigenvalue weighted by molar-refractivity contribution is -0.152. The van der Waals surface area contributed by atoms with Crippen LogP contribution in [0, 0.1) is 5.92 Å². The minimum Gasteiger partial charge on any atom is -0.479 e. The van der Waals surface area contributed by atoms with Crippen molar-refractivity contribution in [2.45, 2.75) is 90.4 Å². The smallest absolute Gasteiger partial charge is 0.451 e. The first-order chi connectivity index (χ1) is 15.3. The summed E-state index contributed by atoms with van der Waals surface area (Å²) in [4.78, 5) is 51.2. The Hall–Kier alpha value is -2.54. The van der Waals surface area contributed by atoms with Gasteiger partial charge in [-0.3, -0.25) is 4.79 Å². The number of ether oxygens (including phenoxy) is 2. The summed E-state index contributed by atoms with van der Waals surface area (Å²) in [6, 6.07) is -1.04. The number of alkyl carbamates (subject to hydrolysis) is 2. The second-order valence-corrected chi connectivity index (χ2v) is 10.7. The van der Waals surface area contributed by atoms with Crippen molar-refractivity contribution in [3.05, 3.63) is 0 Å². The van der Waals surface area contributed by atoms with Crippen LogP contribution in [0.25, 0.3) is 0 Å². The topological polar surface area (TPSA) is 175 Å². The third-order valence-electron chi connectivity index (χ3n) is 4.97. The van der Waals surface area contributed by atoms with Crippen LogP contribution < -0.4 is 10.6 Å². The van der Waals surface area contributed by atoms with Crippen molar-refractivity contribution in [2.24, 2.45) is 5.92 Å². The highest BCUT2D eigenvalue weighted by Crippen LogP contribution is 2.30. The highest BCUT2D eigenvalue weighted by Gasteiger charge is 2.49. The molecule has 3 atom stereocenters. The summed E-state index contributed by atoms with van der Waals surface area (Å²) < 4.78 is 10.4. The number of carbonyl (C=O) groups is 4. The van der Waals surface area contributed by atoms with Crippen molar-refractivity contribution in [3.8, 4) is 0 Å². The van der Waals surface area contributed by atoms with E-state index >= 15 is 0 Å². The average Bonchev–Trinajstić information content (AvgIpc) is 2.62. The van der Waals surface area contributed by atoms with Crippen molar-refractivity contribution >= 4 is 31.2 Å². The Bertz CT molecular complexity index is 764. The zero-order chi connectivity index (χ0) is 26.5. The Balaban J connectivity index is 3.14. The zero-order valence-corrected chi connectivity index (χ0v) is 21.0. The van der Waals surface area contributed by atoms with Crippen LogP contribution in [-0.2, 0) is 19.1 Å². The summed E-state index contributed by atoms with van der Waals surface area (Å²) in [6.07, 6.45) is -1.65. The number of nitrogens with one attached hydrogen (secondary N) is 2. The summed E-state index contributed by atoms with van der Waals surface area (Å²) in [5.74, 6) is -2.41. The molecule has 1 saturated heterocycles. The lowest BCUT2D eigenvalue weighted by atomic mass is 9.75. The Morgan fingerprint density at radius 2 is 1.59 bits per heavy atom. The van der Waals surface area contributed by atoms with Crippen molar-refractivity contribution in [2.75, 3.05) is 13.1 Å². The molecule has 1 aliphatic heterocycles. The lowest BCUT2D eigenvalue weighted by Gasteiger charge is -2.44. The van der Waals surface area contributed by atoms with Gasteiger partial charge >= 0.3 is 25.3 Å². The van der Waals surface area contributed by atoms with Gasteiger partial charge < -0.3 is 40.2 Å². The Kier molecular flexibility index (Phi) is 9.77. The molecular weight excluding hydrogens is 449 g/mol. The number of aliphatic carboxylic acids is 1. The third kappa shape index (κ3) is 9.76. The zero-order valence-electron chi connectivity index (χ0n) is 21.0. The lowest BCUT2D eigenvalue weighted by Crippen LogP contribution is -2.67. The van der Waals surface area contributed by atoms with Crippen LogP contribution >= 0.6 is 0 Å². The standard InChI is InChI=1S/C21H38BN3O9/c1-13(23-17(29)33-19(2,3)4)15(26)25-11-14(8-9-22(31)32)10-21(12-25,16(27)28)24-18(30)34-20(5,6)7/h13-14,31-32H,8-12H2,1-7H3,(H,23,29)(H,24,30)(H,27,28)/t13-,14+,21-/m1/s1. The molecule has 0 radical (unpaired) electrons. The molecule has 34 heavy (non-hydrogen) atoms. The van der Waals surface area contributed by atoms with E-state index in [9.17, 15) is 34.3 Å². The number of hydrogen-bond acceptors (Lipinski definition) is 8. The maximum Gasteiger partial charge on any atom is 0.451 e. The maximum atomic E-state index is 13.1. The molecule has 0 unspecified atom stereocenters. The third-order valence-corrected chi connectivity index (χ3v) is 4.97. The molecule has 0 aromatic carbocycles. The summed E-state index contributed by atoms with van der Waals surface area (Å²) in [5.41, 5.74) is -3.52. The number of carbonyl (C=O) groups excluding carboxylic acids is 3. The van der Waals surface area contributed by atoms with Crippen LogP contribution in [0.5, 0.6) is 0 Å². The monoisotopic (exact) mass is 487 g/mol. The normalized spacial score (nSPS) is 21.8. The van der Waals surface area contributed by atoms with Gasteiger partial charge in [0.1, 0.15) is 17.2 Å². The predicted molar refractivity (Wildman–Crippen MR) is 123 cm³/mol. The molecule has 1 aliphatic rings. The van der Waals surface area contributed by atoms with Gasteiger partial charge in [-0.1, -0.05) is 6.42 Å². The number of likely N-dealkylation sites (tertiary alicyclic amines) is 1. The summed E-state index contributed by atoms with van der Waals surface area (Å²) in [6.45, 7) is 11.1. The van der Waals surface area contributed by atoms with Crippen LogP contribution in [0.1, 0.15) is 61.3 Å². The van der Waals surface area contributed by atoms with Gasteiger partial charge in [-0.05, 0) is 67.1 Å². The van der Waals surface area contributed by atoms with E-state index in [-0.39, 0.29) is 32.3 Å².